The van der Waals surface area contributed by atoms with E-state index in [1.54, 1.807) is 4.68 Å². The Balaban J connectivity index is 1.88. The maximum atomic E-state index is 5.13. The summed E-state index contributed by atoms with van der Waals surface area (Å²) >= 11 is 1.50. The summed E-state index contributed by atoms with van der Waals surface area (Å²) in [6, 6.07) is 0. The third-order valence-electron chi connectivity index (χ3n) is 2.38. The summed E-state index contributed by atoms with van der Waals surface area (Å²) in [5, 5.41) is 19.3. The first kappa shape index (κ1) is 13.9. The second kappa shape index (κ2) is 7.19. The molecule has 8 nitrogen and oxygen atoms in total. The molecule has 2 aromatic rings. The summed E-state index contributed by atoms with van der Waals surface area (Å²) in [5.74, 6) is 1.97. The van der Waals surface area contributed by atoms with Gasteiger partial charge >= 0.3 is 0 Å². The van der Waals surface area contributed by atoms with Crippen molar-refractivity contribution < 1.29 is 4.52 Å². The van der Waals surface area contributed by atoms with Gasteiger partial charge in [0.15, 0.2) is 5.82 Å². The van der Waals surface area contributed by atoms with Gasteiger partial charge < -0.3 is 9.84 Å². The van der Waals surface area contributed by atoms with E-state index in [-0.39, 0.29) is 0 Å². The molecule has 0 aliphatic carbocycles. The monoisotopic (exact) mass is 283 g/mol. The predicted molar refractivity (Wildman–Crippen MR) is 69.6 cm³/mol. The fourth-order valence-corrected chi connectivity index (χ4v) is 2.20. The Kier molecular flexibility index (Phi) is 5.28. The van der Waals surface area contributed by atoms with Crippen LogP contribution in [0.3, 0.4) is 0 Å². The Bertz CT molecular complexity index is 498. The van der Waals surface area contributed by atoms with Crippen molar-refractivity contribution in [2.24, 2.45) is 0 Å². The molecule has 0 amide bonds. The van der Waals surface area contributed by atoms with Crippen molar-refractivity contribution in [3.05, 3.63) is 11.7 Å². The molecule has 2 heterocycles. The quantitative estimate of drug-likeness (QED) is 0.701. The van der Waals surface area contributed by atoms with Crippen molar-refractivity contribution in [2.45, 2.75) is 37.2 Å². The number of tetrazole rings is 1. The van der Waals surface area contributed by atoms with Crippen LogP contribution in [-0.4, -0.2) is 43.9 Å². The fraction of sp³-hybridized carbons (Fsp3) is 0.700. The van der Waals surface area contributed by atoms with Crippen LogP contribution in [-0.2, 0) is 18.7 Å². The molecule has 1 N–H and O–H groups in total. The minimum atomic E-state index is 0.604. The van der Waals surface area contributed by atoms with Crippen molar-refractivity contribution in [1.82, 2.24) is 35.7 Å². The van der Waals surface area contributed by atoms with Gasteiger partial charge in [0, 0.05) is 13.0 Å². The summed E-state index contributed by atoms with van der Waals surface area (Å²) in [6.45, 7) is 3.63. The second-order valence-corrected chi connectivity index (χ2v) is 4.87. The summed E-state index contributed by atoms with van der Waals surface area (Å²) in [7, 11) is 1.89. The molecular formula is C10H17N7OS. The van der Waals surface area contributed by atoms with Gasteiger partial charge in [0.1, 0.15) is 0 Å². The van der Waals surface area contributed by atoms with E-state index in [9.17, 15) is 0 Å². The number of likely N-dealkylation sites (N-methyl/N-ethyl adjacent to an activating group) is 1. The third-order valence-corrected chi connectivity index (χ3v) is 3.33. The highest BCUT2D eigenvalue weighted by Gasteiger charge is 2.10. The normalized spacial score (nSPS) is 11.1. The maximum Gasteiger partial charge on any atom is 0.226 e. The lowest BCUT2D eigenvalue weighted by molar-refractivity contribution is 0.373. The van der Waals surface area contributed by atoms with Gasteiger partial charge in [-0.25, -0.2) is 4.68 Å². The SMILES string of the molecule is CCCc1nc(CSc2nnnn2CCNC)no1. The number of hydrogen-bond donors (Lipinski definition) is 1. The zero-order chi connectivity index (χ0) is 13.5. The smallest absolute Gasteiger partial charge is 0.226 e. The maximum absolute atomic E-state index is 5.13. The van der Waals surface area contributed by atoms with Gasteiger partial charge in [-0.15, -0.1) is 5.10 Å². The van der Waals surface area contributed by atoms with Gasteiger partial charge in [0.2, 0.25) is 11.0 Å². The number of nitrogens with zero attached hydrogens (tertiary/aromatic N) is 6. The molecule has 0 radical (unpaired) electrons. The molecule has 0 aliphatic rings. The lowest BCUT2D eigenvalue weighted by Crippen LogP contribution is -2.16. The van der Waals surface area contributed by atoms with Crippen LogP contribution in [0.4, 0.5) is 0 Å². The first-order valence-corrected chi connectivity index (χ1v) is 7.17. The molecule has 0 unspecified atom stereocenters. The van der Waals surface area contributed by atoms with Gasteiger partial charge in [0.25, 0.3) is 0 Å². The molecular weight excluding hydrogens is 266 g/mol. The largest absolute Gasteiger partial charge is 0.339 e. The minimum Gasteiger partial charge on any atom is -0.339 e. The van der Waals surface area contributed by atoms with Crippen LogP contribution in [0.5, 0.6) is 0 Å². The molecule has 0 atom stereocenters. The molecule has 2 aromatic heterocycles. The van der Waals surface area contributed by atoms with E-state index in [4.69, 9.17) is 4.52 Å². The number of hydrogen-bond acceptors (Lipinski definition) is 8. The van der Waals surface area contributed by atoms with E-state index in [1.807, 2.05) is 7.05 Å². The third kappa shape index (κ3) is 4.00. The second-order valence-electron chi connectivity index (χ2n) is 3.93. The molecule has 0 saturated heterocycles. The number of nitrogens with one attached hydrogen (secondary N) is 1. The molecule has 0 saturated carbocycles. The standard InChI is InChI=1S/C10H17N7OS/c1-3-4-9-12-8(14-18-9)7-19-10-13-15-16-17(10)6-5-11-2/h11H,3-7H2,1-2H3. The van der Waals surface area contributed by atoms with E-state index in [0.717, 1.165) is 31.1 Å². The van der Waals surface area contributed by atoms with Crippen LogP contribution in [0.15, 0.2) is 9.68 Å². The van der Waals surface area contributed by atoms with Crippen LogP contribution >= 0.6 is 11.8 Å². The zero-order valence-electron chi connectivity index (χ0n) is 11.0. The van der Waals surface area contributed by atoms with Gasteiger partial charge in [-0.3, -0.25) is 0 Å². The van der Waals surface area contributed by atoms with Crippen molar-refractivity contribution in [1.29, 1.82) is 0 Å². The van der Waals surface area contributed by atoms with Gasteiger partial charge in [-0.05, 0) is 23.9 Å². The van der Waals surface area contributed by atoms with E-state index < -0.39 is 0 Å². The Hall–Kier alpha value is -1.48. The topological polar surface area (TPSA) is 94.5 Å². The highest BCUT2D eigenvalue weighted by molar-refractivity contribution is 7.98. The Morgan fingerprint density at radius 2 is 2.32 bits per heavy atom. The van der Waals surface area contributed by atoms with Crippen LogP contribution in [0.1, 0.15) is 25.1 Å². The van der Waals surface area contributed by atoms with E-state index >= 15 is 0 Å². The molecule has 9 heteroatoms. The van der Waals surface area contributed by atoms with Crippen LogP contribution in [0.2, 0.25) is 0 Å². The Labute approximate surface area is 115 Å². The average Bonchev–Trinajstić information content (AvgIpc) is 3.03. The summed E-state index contributed by atoms with van der Waals surface area (Å²) < 4.78 is 6.89. The first-order chi connectivity index (χ1) is 9.33. The summed E-state index contributed by atoms with van der Waals surface area (Å²) in [6.07, 6.45) is 1.81. The van der Waals surface area contributed by atoms with Crippen molar-refractivity contribution in [2.75, 3.05) is 13.6 Å². The Morgan fingerprint density at radius 3 is 3.11 bits per heavy atom. The van der Waals surface area contributed by atoms with Crippen molar-refractivity contribution in [3.63, 3.8) is 0 Å². The summed E-state index contributed by atoms with van der Waals surface area (Å²) in [5.41, 5.74) is 0. The molecule has 2 rings (SSSR count). The molecule has 19 heavy (non-hydrogen) atoms. The van der Waals surface area contributed by atoms with E-state index in [1.165, 1.54) is 11.8 Å². The van der Waals surface area contributed by atoms with Gasteiger partial charge in [-0.1, -0.05) is 23.8 Å². The lowest BCUT2D eigenvalue weighted by atomic mass is 10.3. The first-order valence-electron chi connectivity index (χ1n) is 6.18. The number of thioether (sulfide) groups is 1. The lowest BCUT2D eigenvalue weighted by Gasteiger charge is -2.01. The predicted octanol–water partition coefficient (Wildman–Crippen LogP) is 0.520. The van der Waals surface area contributed by atoms with Crippen molar-refractivity contribution >= 4 is 11.8 Å². The Morgan fingerprint density at radius 1 is 1.42 bits per heavy atom. The number of rotatable bonds is 8. The van der Waals surface area contributed by atoms with Gasteiger partial charge in [0.05, 0.1) is 12.3 Å². The van der Waals surface area contributed by atoms with E-state index in [0.29, 0.717) is 17.5 Å². The number of aryl methyl sites for hydroxylation is 1. The zero-order valence-corrected chi connectivity index (χ0v) is 11.9. The number of aromatic nitrogens is 6. The molecule has 104 valence electrons. The molecule has 0 spiro atoms. The highest BCUT2D eigenvalue weighted by Crippen LogP contribution is 2.18. The average molecular weight is 283 g/mol. The molecule has 0 aliphatic heterocycles. The van der Waals surface area contributed by atoms with Crippen LogP contribution in [0, 0.1) is 0 Å². The minimum absolute atomic E-state index is 0.604. The van der Waals surface area contributed by atoms with Crippen LogP contribution < -0.4 is 5.32 Å². The van der Waals surface area contributed by atoms with Crippen molar-refractivity contribution in [3.8, 4) is 0 Å². The molecule has 0 fully saturated rings. The van der Waals surface area contributed by atoms with Gasteiger partial charge in [-0.2, -0.15) is 4.98 Å². The highest BCUT2D eigenvalue weighted by atomic mass is 32.2. The molecule has 0 aromatic carbocycles. The summed E-state index contributed by atoms with van der Waals surface area (Å²) in [4.78, 5) is 4.30. The fourth-order valence-electron chi connectivity index (χ4n) is 1.45. The van der Waals surface area contributed by atoms with Crippen LogP contribution in [0.25, 0.3) is 0 Å². The molecule has 0 bridgehead atoms. The van der Waals surface area contributed by atoms with E-state index in [2.05, 4.69) is 37.9 Å².